The summed E-state index contributed by atoms with van der Waals surface area (Å²) >= 11 is 0. The first kappa shape index (κ1) is 15.9. The number of rotatable bonds is 4. The summed E-state index contributed by atoms with van der Waals surface area (Å²) < 4.78 is 23.1. The molecule has 1 rings (SSSR count). The normalized spacial score (nSPS) is 12.7. The Morgan fingerprint density at radius 1 is 1.11 bits per heavy atom. The van der Waals surface area contributed by atoms with Crippen LogP contribution in [0.1, 0.15) is 56.5 Å². The lowest BCUT2D eigenvalue weighted by molar-refractivity contribution is 0.102. The van der Waals surface area contributed by atoms with Crippen LogP contribution >= 0.6 is 0 Å². The van der Waals surface area contributed by atoms with E-state index in [0.29, 0.717) is 11.5 Å². The zero-order chi connectivity index (χ0) is 14.8. The van der Waals surface area contributed by atoms with Crippen molar-refractivity contribution >= 4 is 15.6 Å². The first-order valence-electron chi connectivity index (χ1n) is 6.40. The zero-order valence-electron chi connectivity index (χ0n) is 12.2. The van der Waals surface area contributed by atoms with E-state index in [4.69, 9.17) is 0 Å². The molecule has 0 radical (unpaired) electrons. The van der Waals surface area contributed by atoms with Gasteiger partial charge >= 0.3 is 0 Å². The van der Waals surface area contributed by atoms with Crippen molar-refractivity contribution in [2.75, 3.05) is 5.75 Å². The molecule has 0 aliphatic rings. The maximum absolute atomic E-state index is 12.0. The average molecular weight is 282 g/mol. The quantitative estimate of drug-likeness (QED) is 0.797. The highest BCUT2D eigenvalue weighted by molar-refractivity contribution is 7.93. The number of hydrogen-bond donors (Lipinski definition) is 0. The number of hydrogen-bond acceptors (Lipinski definition) is 3. The van der Waals surface area contributed by atoms with E-state index >= 15 is 0 Å². The van der Waals surface area contributed by atoms with E-state index in [1.165, 1.54) is 0 Å². The van der Waals surface area contributed by atoms with Crippen LogP contribution in [0, 0.1) is 0 Å². The molecule has 0 aliphatic heterocycles. The van der Waals surface area contributed by atoms with Gasteiger partial charge in [-0.1, -0.05) is 38.1 Å². The van der Waals surface area contributed by atoms with Crippen LogP contribution in [0.3, 0.4) is 0 Å². The minimum absolute atomic E-state index is 0.342. The van der Waals surface area contributed by atoms with Gasteiger partial charge in [-0.2, -0.15) is 0 Å². The number of Topliss-reactive ketones (excluding diaryl/α,β-unsaturated/α-hetero) is 1. The van der Waals surface area contributed by atoms with E-state index < -0.39 is 20.3 Å². The first-order chi connectivity index (χ1) is 8.54. The van der Waals surface area contributed by atoms with Gasteiger partial charge in [-0.25, -0.2) is 8.42 Å². The van der Waals surface area contributed by atoms with Gasteiger partial charge in [0, 0.05) is 5.56 Å². The highest BCUT2D eigenvalue weighted by atomic mass is 32.2. The van der Waals surface area contributed by atoms with Crippen molar-refractivity contribution in [1.29, 1.82) is 0 Å². The number of benzene rings is 1. The molecular weight excluding hydrogens is 260 g/mol. The summed E-state index contributed by atoms with van der Waals surface area (Å²) in [4.78, 5) is 12.0. The first-order valence-corrected chi connectivity index (χ1v) is 8.05. The summed E-state index contributed by atoms with van der Waals surface area (Å²) in [5.41, 5.74) is 1.59. The molecule has 0 aliphatic carbocycles. The van der Waals surface area contributed by atoms with Crippen molar-refractivity contribution in [1.82, 2.24) is 0 Å². The number of carbonyl (C=O) groups excluding carboxylic acids is 1. The minimum Gasteiger partial charge on any atom is -0.293 e. The van der Waals surface area contributed by atoms with E-state index in [2.05, 4.69) is 13.8 Å². The standard InChI is InChI=1S/C15H22O3S/c1-11(2)12-6-8-13(9-7-12)14(16)10-19(17,18)15(3,4)5/h6-9,11H,10H2,1-5H3. The van der Waals surface area contributed by atoms with Crippen LogP contribution in [-0.2, 0) is 9.84 Å². The predicted octanol–water partition coefficient (Wildman–Crippen LogP) is 3.21. The lowest BCUT2D eigenvalue weighted by atomic mass is 10.0. The fourth-order valence-corrected chi connectivity index (χ4v) is 2.47. The molecule has 1 aromatic carbocycles. The van der Waals surface area contributed by atoms with Crippen LogP contribution in [0.5, 0.6) is 0 Å². The third-order valence-electron chi connectivity index (χ3n) is 3.15. The minimum atomic E-state index is -3.42. The Bertz CT molecular complexity index is 546. The van der Waals surface area contributed by atoms with E-state index in [9.17, 15) is 13.2 Å². The fourth-order valence-electron chi connectivity index (χ4n) is 1.53. The molecule has 0 amide bonds. The molecule has 19 heavy (non-hydrogen) atoms. The van der Waals surface area contributed by atoms with Gasteiger partial charge in [0.2, 0.25) is 0 Å². The van der Waals surface area contributed by atoms with Gasteiger partial charge in [0.1, 0.15) is 5.75 Å². The Morgan fingerprint density at radius 3 is 1.95 bits per heavy atom. The molecule has 0 bridgehead atoms. The highest BCUT2D eigenvalue weighted by Gasteiger charge is 2.31. The van der Waals surface area contributed by atoms with Gasteiger partial charge in [-0.05, 0) is 32.3 Å². The number of ketones is 1. The molecule has 0 atom stereocenters. The lowest BCUT2D eigenvalue weighted by Gasteiger charge is -2.18. The van der Waals surface area contributed by atoms with E-state index in [1.807, 2.05) is 12.1 Å². The molecule has 3 nitrogen and oxygen atoms in total. The van der Waals surface area contributed by atoms with Crippen molar-refractivity contribution in [2.45, 2.75) is 45.3 Å². The lowest BCUT2D eigenvalue weighted by Crippen LogP contribution is -2.33. The Kier molecular flexibility index (Phi) is 4.56. The second-order valence-electron chi connectivity index (χ2n) is 6.07. The molecule has 0 unspecified atom stereocenters. The van der Waals surface area contributed by atoms with E-state index in [0.717, 1.165) is 5.56 Å². The summed E-state index contributed by atoms with van der Waals surface area (Å²) in [6, 6.07) is 7.16. The Labute approximate surface area is 116 Å². The van der Waals surface area contributed by atoms with Crippen LogP contribution in [0.4, 0.5) is 0 Å². The summed E-state index contributed by atoms with van der Waals surface area (Å²) in [6.07, 6.45) is 0. The summed E-state index contributed by atoms with van der Waals surface area (Å²) in [5, 5.41) is 0. The number of carbonyl (C=O) groups is 1. The van der Waals surface area contributed by atoms with Crippen molar-refractivity contribution in [3.8, 4) is 0 Å². The molecule has 1 aromatic rings. The molecule has 106 valence electrons. The van der Waals surface area contributed by atoms with E-state index in [1.54, 1.807) is 32.9 Å². The van der Waals surface area contributed by atoms with Gasteiger partial charge in [0.05, 0.1) is 4.75 Å². The Hall–Kier alpha value is -1.16. The monoisotopic (exact) mass is 282 g/mol. The van der Waals surface area contributed by atoms with Gasteiger partial charge in [-0.3, -0.25) is 4.79 Å². The fraction of sp³-hybridized carbons (Fsp3) is 0.533. The molecule has 0 saturated heterocycles. The summed E-state index contributed by atoms with van der Waals surface area (Å²) in [7, 11) is -3.42. The SMILES string of the molecule is CC(C)c1ccc(C(=O)CS(=O)(=O)C(C)(C)C)cc1. The molecule has 0 N–H and O–H groups in total. The Morgan fingerprint density at radius 2 is 1.58 bits per heavy atom. The molecule has 0 heterocycles. The second-order valence-corrected chi connectivity index (χ2v) is 8.81. The summed E-state index contributed by atoms with van der Waals surface area (Å²) in [5.74, 6) is -0.384. The third kappa shape index (κ3) is 3.90. The molecule has 4 heteroatoms. The average Bonchev–Trinajstić information content (AvgIpc) is 2.27. The van der Waals surface area contributed by atoms with Crippen LogP contribution in [0.2, 0.25) is 0 Å². The largest absolute Gasteiger partial charge is 0.293 e. The molecule has 0 saturated carbocycles. The van der Waals surface area contributed by atoms with Gasteiger partial charge < -0.3 is 0 Å². The molecule has 0 fully saturated rings. The van der Waals surface area contributed by atoms with Crippen LogP contribution < -0.4 is 0 Å². The maximum Gasteiger partial charge on any atom is 0.177 e. The topological polar surface area (TPSA) is 51.2 Å². The highest BCUT2D eigenvalue weighted by Crippen LogP contribution is 2.19. The zero-order valence-corrected chi connectivity index (χ0v) is 13.0. The van der Waals surface area contributed by atoms with Gasteiger partial charge in [0.15, 0.2) is 15.6 Å². The van der Waals surface area contributed by atoms with Crippen molar-refractivity contribution in [2.24, 2.45) is 0 Å². The van der Waals surface area contributed by atoms with Crippen molar-refractivity contribution in [3.05, 3.63) is 35.4 Å². The molecule has 0 aromatic heterocycles. The van der Waals surface area contributed by atoms with Gasteiger partial charge in [0.25, 0.3) is 0 Å². The number of sulfone groups is 1. The third-order valence-corrected chi connectivity index (χ3v) is 5.66. The van der Waals surface area contributed by atoms with Crippen molar-refractivity contribution in [3.63, 3.8) is 0 Å². The van der Waals surface area contributed by atoms with Crippen molar-refractivity contribution < 1.29 is 13.2 Å². The molecular formula is C15H22O3S. The van der Waals surface area contributed by atoms with Gasteiger partial charge in [-0.15, -0.1) is 0 Å². The summed E-state index contributed by atoms with van der Waals surface area (Å²) in [6.45, 7) is 8.97. The Balaban J connectivity index is 2.91. The van der Waals surface area contributed by atoms with Crippen LogP contribution in [0.25, 0.3) is 0 Å². The van der Waals surface area contributed by atoms with Crippen LogP contribution in [-0.4, -0.2) is 24.7 Å². The van der Waals surface area contributed by atoms with E-state index in [-0.39, 0.29) is 5.78 Å². The second kappa shape index (κ2) is 5.45. The molecule has 0 spiro atoms. The maximum atomic E-state index is 12.0. The predicted molar refractivity (Wildman–Crippen MR) is 78.4 cm³/mol. The van der Waals surface area contributed by atoms with Crippen LogP contribution in [0.15, 0.2) is 24.3 Å². The smallest absolute Gasteiger partial charge is 0.177 e.